The van der Waals surface area contributed by atoms with Crippen molar-refractivity contribution in [1.82, 2.24) is 15.3 Å². The number of nitrogens with zero attached hydrogens (tertiary/aromatic N) is 3. The molecule has 6 nitrogen and oxygen atoms in total. The first-order chi connectivity index (χ1) is 12.1. The lowest BCUT2D eigenvalue weighted by molar-refractivity contribution is 0.478. The van der Waals surface area contributed by atoms with Gasteiger partial charge in [-0.1, -0.05) is 12.8 Å². The van der Waals surface area contributed by atoms with Crippen LogP contribution in [0.2, 0.25) is 0 Å². The van der Waals surface area contributed by atoms with Crippen LogP contribution in [0.4, 0.5) is 11.8 Å². The van der Waals surface area contributed by atoms with E-state index < -0.39 is 0 Å². The first kappa shape index (κ1) is 17.7. The van der Waals surface area contributed by atoms with E-state index >= 15 is 0 Å². The molecule has 1 aliphatic rings. The van der Waals surface area contributed by atoms with E-state index in [1.54, 1.807) is 0 Å². The first-order valence-corrected chi connectivity index (χ1v) is 9.22. The fourth-order valence-corrected chi connectivity index (χ4v) is 3.13. The van der Waals surface area contributed by atoms with Crippen molar-refractivity contribution >= 4 is 29.1 Å². The van der Waals surface area contributed by atoms with E-state index in [2.05, 4.69) is 25.5 Å². The SMILES string of the molecule is Cc1cc(N2CCCCCC2)nc(NC(=S)NCc2ccc(C)o2)n1. The highest BCUT2D eigenvalue weighted by molar-refractivity contribution is 7.80. The second kappa shape index (κ2) is 8.29. The molecule has 0 amide bonds. The van der Waals surface area contributed by atoms with Gasteiger partial charge in [0.25, 0.3) is 0 Å². The van der Waals surface area contributed by atoms with Crippen LogP contribution in [-0.4, -0.2) is 28.2 Å². The molecule has 134 valence electrons. The number of rotatable bonds is 4. The van der Waals surface area contributed by atoms with Gasteiger partial charge in [-0.3, -0.25) is 0 Å². The summed E-state index contributed by atoms with van der Waals surface area (Å²) < 4.78 is 5.53. The Balaban J connectivity index is 1.62. The molecule has 0 radical (unpaired) electrons. The molecule has 1 saturated heterocycles. The van der Waals surface area contributed by atoms with Crippen molar-refractivity contribution < 1.29 is 4.42 Å². The van der Waals surface area contributed by atoms with E-state index in [-0.39, 0.29) is 0 Å². The van der Waals surface area contributed by atoms with Gasteiger partial charge in [-0.15, -0.1) is 0 Å². The summed E-state index contributed by atoms with van der Waals surface area (Å²) in [5.74, 6) is 3.24. The predicted molar refractivity (Wildman–Crippen MR) is 104 cm³/mol. The molecule has 0 saturated carbocycles. The lowest BCUT2D eigenvalue weighted by Crippen LogP contribution is -2.30. The Kier molecular flexibility index (Phi) is 5.86. The molecule has 1 aliphatic heterocycles. The number of anilines is 2. The average Bonchev–Trinajstić information content (AvgIpc) is 2.82. The number of nitrogens with one attached hydrogen (secondary N) is 2. The number of hydrogen-bond donors (Lipinski definition) is 2. The Morgan fingerprint density at radius 2 is 1.92 bits per heavy atom. The Morgan fingerprint density at radius 1 is 1.16 bits per heavy atom. The maximum absolute atomic E-state index is 5.53. The highest BCUT2D eigenvalue weighted by Gasteiger charge is 2.13. The summed E-state index contributed by atoms with van der Waals surface area (Å²) >= 11 is 5.35. The zero-order chi connectivity index (χ0) is 17.6. The molecule has 0 spiro atoms. The molecular weight excluding hydrogens is 334 g/mol. The highest BCUT2D eigenvalue weighted by Crippen LogP contribution is 2.19. The zero-order valence-electron chi connectivity index (χ0n) is 14.8. The van der Waals surface area contributed by atoms with Crippen LogP contribution in [0.25, 0.3) is 0 Å². The molecule has 2 aromatic rings. The topological polar surface area (TPSA) is 66.2 Å². The maximum atomic E-state index is 5.53. The fourth-order valence-electron chi connectivity index (χ4n) is 2.96. The van der Waals surface area contributed by atoms with Gasteiger partial charge in [0.1, 0.15) is 17.3 Å². The molecule has 0 atom stereocenters. The molecule has 0 bridgehead atoms. The molecule has 2 N–H and O–H groups in total. The minimum Gasteiger partial charge on any atom is -0.465 e. The third-order valence-electron chi connectivity index (χ3n) is 4.22. The van der Waals surface area contributed by atoms with Gasteiger partial charge in [0.05, 0.1) is 6.54 Å². The molecule has 3 heterocycles. The summed E-state index contributed by atoms with van der Waals surface area (Å²) in [7, 11) is 0. The Hall–Kier alpha value is -2.15. The van der Waals surface area contributed by atoms with Gasteiger partial charge in [0, 0.05) is 24.8 Å². The monoisotopic (exact) mass is 359 g/mol. The molecule has 7 heteroatoms. The largest absolute Gasteiger partial charge is 0.465 e. The quantitative estimate of drug-likeness (QED) is 0.809. The van der Waals surface area contributed by atoms with E-state index in [9.17, 15) is 0 Å². The van der Waals surface area contributed by atoms with Crippen LogP contribution >= 0.6 is 12.2 Å². The van der Waals surface area contributed by atoms with Crippen LogP contribution < -0.4 is 15.5 Å². The third kappa shape index (κ3) is 5.16. The van der Waals surface area contributed by atoms with Crippen molar-refractivity contribution in [3.05, 3.63) is 35.4 Å². The predicted octanol–water partition coefficient (Wildman–Crippen LogP) is 3.55. The van der Waals surface area contributed by atoms with E-state index in [0.29, 0.717) is 17.6 Å². The molecule has 1 fully saturated rings. The number of aryl methyl sites for hydroxylation is 2. The van der Waals surface area contributed by atoms with E-state index in [1.165, 1.54) is 25.7 Å². The van der Waals surface area contributed by atoms with Crippen LogP contribution in [0.3, 0.4) is 0 Å². The highest BCUT2D eigenvalue weighted by atomic mass is 32.1. The molecule has 3 rings (SSSR count). The van der Waals surface area contributed by atoms with Gasteiger partial charge in [-0.2, -0.15) is 4.98 Å². The standard InChI is InChI=1S/C18H25N5OS/c1-13-11-16(23-9-5-3-4-6-10-23)21-17(20-13)22-18(25)19-12-15-8-7-14(2)24-15/h7-8,11H,3-6,9-10,12H2,1-2H3,(H2,19,20,21,22,25). The molecule has 0 unspecified atom stereocenters. The lowest BCUT2D eigenvalue weighted by atomic mass is 10.2. The number of furan rings is 1. The van der Waals surface area contributed by atoms with Crippen molar-refractivity contribution in [2.45, 2.75) is 46.1 Å². The Labute approximate surface area is 154 Å². The number of thiocarbonyl (C=S) groups is 1. The summed E-state index contributed by atoms with van der Waals surface area (Å²) in [6.07, 6.45) is 5.03. The van der Waals surface area contributed by atoms with Crippen molar-refractivity contribution in [1.29, 1.82) is 0 Å². The number of hydrogen-bond acceptors (Lipinski definition) is 5. The first-order valence-electron chi connectivity index (χ1n) is 8.81. The van der Waals surface area contributed by atoms with Crippen LogP contribution in [-0.2, 0) is 6.54 Å². The van der Waals surface area contributed by atoms with Gasteiger partial charge in [-0.25, -0.2) is 4.98 Å². The van der Waals surface area contributed by atoms with Gasteiger partial charge < -0.3 is 20.0 Å². The molecule has 2 aromatic heterocycles. The minimum absolute atomic E-state index is 0.487. The van der Waals surface area contributed by atoms with Crippen molar-refractivity contribution in [2.75, 3.05) is 23.3 Å². The summed E-state index contributed by atoms with van der Waals surface area (Å²) in [6.45, 7) is 6.54. The number of aromatic nitrogens is 2. The molecule has 0 aliphatic carbocycles. The van der Waals surface area contributed by atoms with Crippen LogP contribution in [0.1, 0.15) is 42.9 Å². The van der Waals surface area contributed by atoms with Crippen LogP contribution in [0.15, 0.2) is 22.6 Å². The van der Waals surface area contributed by atoms with Gasteiger partial charge >= 0.3 is 0 Å². The van der Waals surface area contributed by atoms with Crippen LogP contribution in [0, 0.1) is 13.8 Å². The van der Waals surface area contributed by atoms with Crippen molar-refractivity contribution in [3.63, 3.8) is 0 Å². The van der Waals surface area contributed by atoms with Crippen molar-refractivity contribution in [3.8, 4) is 0 Å². The third-order valence-corrected chi connectivity index (χ3v) is 4.46. The smallest absolute Gasteiger partial charge is 0.231 e. The fraction of sp³-hybridized carbons (Fsp3) is 0.500. The average molecular weight is 359 g/mol. The normalized spacial score (nSPS) is 14.9. The summed E-state index contributed by atoms with van der Waals surface area (Å²) in [5, 5.41) is 6.69. The summed E-state index contributed by atoms with van der Waals surface area (Å²) in [5.41, 5.74) is 0.932. The van der Waals surface area contributed by atoms with Crippen molar-refractivity contribution in [2.24, 2.45) is 0 Å². The summed E-state index contributed by atoms with van der Waals surface area (Å²) in [4.78, 5) is 11.4. The van der Waals surface area contributed by atoms with Gasteiger partial charge in [-0.05, 0) is 51.0 Å². The maximum Gasteiger partial charge on any atom is 0.231 e. The van der Waals surface area contributed by atoms with Gasteiger partial charge in [0.2, 0.25) is 5.95 Å². The summed E-state index contributed by atoms with van der Waals surface area (Å²) in [6, 6.07) is 5.91. The van der Waals surface area contributed by atoms with E-state index in [0.717, 1.165) is 36.1 Å². The molecular formula is C18H25N5OS. The van der Waals surface area contributed by atoms with E-state index in [1.807, 2.05) is 32.0 Å². The minimum atomic E-state index is 0.487. The second-order valence-electron chi connectivity index (χ2n) is 6.41. The Morgan fingerprint density at radius 3 is 2.60 bits per heavy atom. The molecule has 25 heavy (non-hydrogen) atoms. The zero-order valence-corrected chi connectivity index (χ0v) is 15.7. The van der Waals surface area contributed by atoms with E-state index in [4.69, 9.17) is 16.6 Å². The molecule has 0 aromatic carbocycles. The Bertz CT molecular complexity index is 722. The van der Waals surface area contributed by atoms with Gasteiger partial charge in [0.15, 0.2) is 5.11 Å². The lowest BCUT2D eigenvalue weighted by Gasteiger charge is -2.22. The second-order valence-corrected chi connectivity index (χ2v) is 6.82. The van der Waals surface area contributed by atoms with Crippen LogP contribution in [0.5, 0.6) is 0 Å².